The van der Waals surface area contributed by atoms with Crippen LogP contribution in [-0.4, -0.2) is 31.5 Å². The van der Waals surface area contributed by atoms with Crippen LogP contribution in [0.3, 0.4) is 0 Å². The van der Waals surface area contributed by atoms with Crippen LogP contribution in [-0.2, 0) is 26.5 Å². The molecule has 5 aromatic rings. The molecule has 0 spiro atoms. The summed E-state index contributed by atoms with van der Waals surface area (Å²) in [5.41, 5.74) is 5.03. The van der Waals surface area contributed by atoms with Gasteiger partial charge in [0.15, 0.2) is 11.8 Å². The average Bonchev–Trinajstić information content (AvgIpc) is 3.56. The second-order valence-electron chi connectivity index (χ2n) is 9.61. The predicted octanol–water partition coefficient (Wildman–Crippen LogP) is 5.10. The molecule has 8 rings (SSSR count). The molecule has 8 heteroatoms. The van der Waals surface area contributed by atoms with Gasteiger partial charge in [0.25, 0.3) is 5.91 Å². The second-order valence-corrected chi connectivity index (χ2v) is 10.4. The molecule has 1 fully saturated rings. The maximum atomic E-state index is 13.3. The molecule has 3 atom stereocenters. The van der Waals surface area contributed by atoms with E-state index >= 15 is 0 Å². The number of amides is 1. The van der Waals surface area contributed by atoms with Gasteiger partial charge in [-0.3, -0.25) is 9.59 Å². The molecule has 3 aromatic carbocycles. The topological polar surface area (TPSA) is 74.5 Å². The number of hydrogen-bond acceptors (Lipinski definition) is 4. The minimum Gasteiger partial charge on any atom is -0.457 e. The number of aromatic nitrogens is 2. The largest absolute Gasteiger partial charge is 0.457 e. The van der Waals surface area contributed by atoms with Crippen LogP contribution in [0.25, 0.3) is 43.6 Å². The van der Waals surface area contributed by atoms with Crippen molar-refractivity contribution in [1.29, 1.82) is 0 Å². The first-order chi connectivity index (χ1) is 17.0. The van der Waals surface area contributed by atoms with Crippen LogP contribution in [0.1, 0.15) is 35.5 Å². The zero-order valence-corrected chi connectivity index (χ0v) is 21.0. The number of carbonyl (C=O) groups is 2. The van der Waals surface area contributed by atoms with Crippen LogP contribution in [0.2, 0.25) is 0 Å². The molecule has 7 nitrogen and oxygen atoms in total. The molecule has 174 valence electrons. The van der Waals surface area contributed by atoms with E-state index < -0.39 is 11.8 Å². The van der Waals surface area contributed by atoms with Gasteiger partial charge in [0.1, 0.15) is 6.23 Å². The van der Waals surface area contributed by atoms with Crippen LogP contribution in [0.4, 0.5) is 0 Å². The number of alkyl halides is 1. The van der Waals surface area contributed by atoms with Gasteiger partial charge < -0.3 is 23.9 Å². The number of halogens is 1. The Hall–Kier alpha value is -3.11. The lowest BCUT2D eigenvalue weighted by Crippen LogP contribution is -2.45. The molecule has 1 N–H and O–H groups in total. The summed E-state index contributed by atoms with van der Waals surface area (Å²) in [6, 6.07) is 16.5. The Bertz CT molecular complexity index is 1800. The Balaban J connectivity index is 1.70. The summed E-state index contributed by atoms with van der Waals surface area (Å²) in [6.07, 6.45) is -0.244. The number of ether oxygens (including phenoxy) is 2. The highest BCUT2D eigenvalue weighted by molar-refractivity contribution is 14.1. The van der Waals surface area contributed by atoms with Crippen molar-refractivity contribution in [3.63, 3.8) is 0 Å². The normalized spacial score (nSPS) is 24.6. The highest BCUT2D eigenvalue weighted by Gasteiger charge is 2.56. The predicted molar refractivity (Wildman–Crippen MR) is 141 cm³/mol. The van der Waals surface area contributed by atoms with E-state index in [0.29, 0.717) is 17.4 Å². The highest BCUT2D eigenvalue weighted by Crippen LogP contribution is 2.55. The van der Waals surface area contributed by atoms with Crippen molar-refractivity contribution in [2.45, 2.75) is 37.9 Å². The van der Waals surface area contributed by atoms with Crippen LogP contribution in [0.15, 0.2) is 48.5 Å². The quantitative estimate of drug-likeness (QED) is 0.180. The van der Waals surface area contributed by atoms with Crippen molar-refractivity contribution in [3.8, 4) is 0 Å². The van der Waals surface area contributed by atoms with Gasteiger partial charge >= 0.3 is 5.97 Å². The van der Waals surface area contributed by atoms with Crippen LogP contribution in [0, 0.1) is 0 Å². The maximum Gasteiger partial charge on any atom is 0.303 e. The van der Waals surface area contributed by atoms with Crippen molar-refractivity contribution in [1.82, 2.24) is 14.5 Å². The van der Waals surface area contributed by atoms with Crippen molar-refractivity contribution in [3.05, 3.63) is 59.7 Å². The maximum absolute atomic E-state index is 13.3. The summed E-state index contributed by atoms with van der Waals surface area (Å²) >= 11 is 2.36. The van der Waals surface area contributed by atoms with Gasteiger partial charge in [-0.25, -0.2) is 0 Å². The zero-order chi connectivity index (χ0) is 23.6. The lowest BCUT2D eigenvalue weighted by molar-refractivity contribution is -0.168. The minimum atomic E-state index is -0.865. The van der Waals surface area contributed by atoms with E-state index in [4.69, 9.17) is 9.47 Å². The number of hydrogen-bond donors (Lipinski definition) is 1. The second kappa shape index (κ2) is 6.55. The van der Waals surface area contributed by atoms with Gasteiger partial charge in [-0.15, -0.1) is 0 Å². The molecule has 3 aliphatic rings. The summed E-state index contributed by atoms with van der Waals surface area (Å²) in [5.74, 6) is -0.341. The van der Waals surface area contributed by atoms with Gasteiger partial charge in [0, 0.05) is 41.4 Å². The van der Waals surface area contributed by atoms with Crippen LogP contribution >= 0.6 is 22.6 Å². The molecule has 0 radical (unpaired) electrons. The third-order valence-electron chi connectivity index (χ3n) is 7.94. The van der Waals surface area contributed by atoms with E-state index in [-0.39, 0.29) is 18.1 Å². The number of fused-ring (bicyclic) bond motifs is 13. The fourth-order valence-corrected chi connectivity index (χ4v) is 7.78. The zero-order valence-electron chi connectivity index (χ0n) is 18.8. The van der Waals surface area contributed by atoms with Gasteiger partial charge in [0.2, 0.25) is 0 Å². The summed E-state index contributed by atoms with van der Waals surface area (Å²) in [5, 5.41) is 7.26. The fraction of sp³-hybridized carbons (Fsp3) is 0.259. The summed E-state index contributed by atoms with van der Waals surface area (Å²) in [6.45, 7) is 1.95. The molecule has 2 aromatic heterocycles. The van der Waals surface area contributed by atoms with Gasteiger partial charge in [0.05, 0.1) is 32.1 Å². The van der Waals surface area contributed by atoms with E-state index in [2.05, 4.69) is 61.3 Å². The van der Waals surface area contributed by atoms with Crippen LogP contribution in [0.5, 0.6) is 0 Å². The molecular formula is C27H20IN3O4. The van der Waals surface area contributed by atoms with E-state index in [9.17, 15) is 9.59 Å². The molecule has 5 heterocycles. The number of para-hydroxylation sites is 2. The van der Waals surface area contributed by atoms with Gasteiger partial charge in [-0.1, -0.05) is 59.0 Å². The minimum absolute atomic E-state index is 0.0293. The smallest absolute Gasteiger partial charge is 0.303 e. The number of carbonyl (C=O) groups excluding carboxylic acids is 2. The average molecular weight is 577 g/mol. The monoisotopic (exact) mass is 577 g/mol. The molecule has 35 heavy (non-hydrogen) atoms. The molecule has 1 saturated heterocycles. The standard InChI is InChI=1S/C27H20IN3O4/c1-13(32)34-19-10-20-30-17-8-4-2-6-14(17)22-23-16(11-29-26(23)33)21-15-7-3-5-9-18(15)31(25(21)24(22)30)27(19,12-28)35-20/h2-9,19-20H,10-12H2,1H3,(H,29,33)/t19-,20-,27+/m0/s1. The first kappa shape index (κ1) is 20.1. The number of benzene rings is 3. The van der Waals surface area contributed by atoms with Crippen molar-refractivity contribution in [2.75, 3.05) is 4.43 Å². The summed E-state index contributed by atoms with van der Waals surface area (Å²) < 4.78 is 18.0. The Morgan fingerprint density at radius 1 is 1.11 bits per heavy atom. The Morgan fingerprint density at radius 2 is 1.83 bits per heavy atom. The number of esters is 1. The SMILES string of the molecule is CC(=O)O[C@H]1C[C@@H]2O[C@@]1(CI)n1c3ccccc3c3c4c(c5c6ccccc6n2c5c31)C(=O)NC4. The van der Waals surface area contributed by atoms with E-state index in [1.54, 1.807) is 0 Å². The molecule has 2 bridgehead atoms. The molecule has 3 aliphatic heterocycles. The van der Waals surface area contributed by atoms with Gasteiger partial charge in [-0.2, -0.15) is 0 Å². The van der Waals surface area contributed by atoms with Gasteiger partial charge in [-0.05, 0) is 17.7 Å². The van der Waals surface area contributed by atoms with Crippen molar-refractivity contribution in [2.24, 2.45) is 0 Å². The molecule has 0 unspecified atom stereocenters. The Kier molecular flexibility index (Phi) is 3.77. The molecule has 0 aliphatic carbocycles. The third-order valence-corrected chi connectivity index (χ3v) is 9.03. The first-order valence-electron chi connectivity index (χ1n) is 11.8. The molecular weight excluding hydrogens is 557 g/mol. The molecule has 1 amide bonds. The summed E-state index contributed by atoms with van der Waals surface area (Å²) in [4.78, 5) is 25.5. The lowest BCUT2D eigenvalue weighted by Gasteiger charge is -2.34. The van der Waals surface area contributed by atoms with Crippen LogP contribution < -0.4 is 5.32 Å². The number of nitrogens with one attached hydrogen (secondary N) is 1. The first-order valence-corrected chi connectivity index (χ1v) is 13.3. The number of nitrogens with zero attached hydrogens (tertiary/aromatic N) is 2. The fourth-order valence-electron chi connectivity index (χ4n) is 6.77. The van der Waals surface area contributed by atoms with E-state index in [1.165, 1.54) is 6.92 Å². The number of rotatable bonds is 2. The lowest BCUT2D eigenvalue weighted by atomic mass is 9.96. The highest BCUT2D eigenvalue weighted by atomic mass is 127. The van der Waals surface area contributed by atoms with E-state index in [1.807, 2.05) is 24.3 Å². The Morgan fingerprint density at radius 3 is 2.57 bits per heavy atom. The molecule has 0 saturated carbocycles. The van der Waals surface area contributed by atoms with E-state index in [0.717, 1.165) is 54.7 Å². The van der Waals surface area contributed by atoms with Crippen molar-refractivity contribution < 1.29 is 19.1 Å². The summed E-state index contributed by atoms with van der Waals surface area (Å²) in [7, 11) is 0. The Labute approximate surface area is 213 Å². The van der Waals surface area contributed by atoms with Crippen molar-refractivity contribution >= 4 is 78.1 Å². The third kappa shape index (κ3) is 2.21.